The van der Waals surface area contributed by atoms with Crippen molar-refractivity contribution in [3.8, 4) is 0 Å². The van der Waals surface area contributed by atoms with Gasteiger partial charge in [-0.05, 0) is 25.9 Å². The predicted octanol–water partition coefficient (Wildman–Crippen LogP) is 1.39. The Morgan fingerprint density at radius 1 is 1.32 bits per heavy atom. The lowest BCUT2D eigenvalue weighted by molar-refractivity contribution is 0.287. The Hall–Kier alpha value is -1.69. The summed E-state index contributed by atoms with van der Waals surface area (Å²) in [5.74, 6) is 1.15. The van der Waals surface area contributed by atoms with Crippen molar-refractivity contribution >= 4 is 17.0 Å². The summed E-state index contributed by atoms with van der Waals surface area (Å²) in [6.07, 6.45) is 4.34. The van der Waals surface area contributed by atoms with Gasteiger partial charge in [-0.2, -0.15) is 0 Å². The van der Waals surface area contributed by atoms with Crippen molar-refractivity contribution in [2.24, 2.45) is 5.92 Å². The molecule has 0 aliphatic carbocycles. The highest BCUT2D eigenvalue weighted by atomic mass is 15.1. The first-order chi connectivity index (χ1) is 9.08. The molecule has 0 spiro atoms. The highest BCUT2D eigenvalue weighted by molar-refractivity contribution is 5.80. The molecule has 6 nitrogen and oxygen atoms in total. The number of hydrogen-bond acceptors (Lipinski definition) is 5. The van der Waals surface area contributed by atoms with Gasteiger partial charge in [0.2, 0.25) is 0 Å². The molecule has 2 rings (SSSR count). The molecular weight excluding hydrogens is 240 g/mol. The fourth-order valence-electron chi connectivity index (χ4n) is 2.29. The summed E-state index contributed by atoms with van der Waals surface area (Å²) in [7, 11) is 2.16. The van der Waals surface area contributed by atoms with Crippen molar-refractivity contribution in [2.75, 3.05) is 25.9 Å². The molecular formula is C13H22N6. The lowest BCUT2D eigenvalue weighted by Gasteiger charge is -2.18. The normalized spacial score (nSPS) is 11.8. The first-order valence-corrected chi connectivity index (χ1v) is 6.67. The van der Waals surface area contributed by atoms with E-state index in [1.165, 1.54) is 6.33 Å². The minimum absolute atomic E-state index is 0.445. The van der Waals surface area contributed by atoms with Gasteiger partial charge in [0.05, 0.1) is 6.33 Å². The molecule has 2 aromatic rings. The second-order valence-corrected chi connectivity index (χ2v) is 5.38. The number of fused-ring (bicyclic) bond motifs is 1. The van der Waals surface area contributed by atoms with Gasteiger partial charge < -0.3 is 15.2 Å². The fraction of sp³-hybridized carbons (Fsp3) is 0.615. The number of hydrogen-bond donors (Lipinski definition) is 1. The Morgan fingerprint density at radius 3 is 2.84 bits per heavy atom. The maximum absolute atomic E-state index is 5.77. The number of nitrogens with two attached hydrogens (primary N) is 1. The third-order valence-corrected chi connectivity index (χ3v) is 3.05. The van der Waals surface area contributed by atoms with Crippen LogP contribution in [0, 0.1) is 5.92 Å². The molecule has 0 aliphatic rings. The van der Waals surface area contributed by atoms with E-state index in [1.54, 1.807) is 6.33 Å². The van der Waals surface area contributed by atoms with Crippen molar-refractivity contribution in [3.05, 3.63) is 12.7 Å². The van der Waals surface area contributed by atoms with E-state index >= 15 is 0 Å². The molecule has 0 radical (unpaired) electrons. The lowest BCUT2D eigenvalue weighted by atomic mass is 10.2. The van der Waals surface area contributed by atoms with Crippen LogP contribution in [-0.4, -0.2) is 44.6 Å². The van der Waals surface area contributed by atoms with E-state index in [9.17, 15) is 0 Å². The zero-order chi connectivity index (χ0) is 13.8. The molecule has 2 aromatic heterocycles. The van der Waals surface area contributed by atoms with Crippen LogP contribution in [0.4, 0.5) is 5.82 Å². The van der Waals surface area contributed by atoms with Crippen molar-refractivity contribution in [2.45, 2.75) is 26.8 Å². The molecule has 104 valence electrons. The van der Waals surface area contributed by atoms with Crippen LogP contribution < -0.4 is 5.73 Å². The van der Waals surface area contributed by atoms with Gasteiger partial charge in [0, 0.05) is 13.1 Å². The Balaban J connectivity index is 1.93. The Bertz CT molecular complexity index is 533. The fourth-order valence-corrected chi connectivity index (χ4v) is 2.29. The van der Waals surface area contributed by atoms with E-state index in [0.717, 1.165) is 31.7 Å². The van der Waals surface area contributed by atoms with Crippen molar-refractivity contribution < 1.29 is 0 Å². The van der Waals surface area contributed by atoms with Gasteiger partial charge in [-0.15, -0.1) is 0 Å². The first kappa shape index (κ1) is 13.7. The van der Waals surface area contributed by atoms with E-state index in [2.05, 4.69) is 40.7 Å². The Morgan fingerprint density at radius 2 is 2.11 bits per heavy atom. The largest absolute Gasteiger partial charge is 0.382 e. The molecule has 0 fully saturated rings. The highest BCUT2D eigenvalue weighted by Crippen LogP contribution is 2.14. The minimum Gasteiger partial charge on any atom is -0.382 e. The summed E-state index contributed by atoms with van der Waals surface area (Å²) in [5.41, 5.74) is 7.28. The summed E-state index contributed by atoms with van der Waals surface area (Å²) in [5, 5.41) is 0. The molecule has 2 heterocycles. The molecule has 0 aliphatic heterocycles. The minimum atomic E-state index is 0.445. The van der Waals surface area contributed by atoms with Crippen LogP contribution in [0.2, 0.25) is 0 Å². The quantitative estimate of drug-likeness (QED) is 0.851. The zero-order valence-electron chi connectivity index (χ0n) is 11.9. The second-order valence-electron chi connectivity index (χ2n) is 5.38. The number of nitrogens with zero attached hydrogens (tertiary/aromatic N) is 5. The predicted molar refractivity (Wildman–Crippen MR) is 76.7 cm³/mol. The van der Waals surface area contributed by atoms with Crippen LogP contribution >= 0.6 is 0 Å². The van der Waals surface area contributed by atoms with Crippen LogP contribution in [0.25, 0.3) is 11.2 Å². The first-order valence-electron chi connectivity index (χ1n) is 6.67. The zero-order valence-corrected chi connectivity index (χ0v) is 11.9. The maximum atomic E-state index is 5.77. The molecule has 0 saturated heterocycles. The van der Waals surface area contributed by atoms with Gasteiger partial charge in [-0.3, -0.25) is 0 Å². The third-order valence-electron chi connectivity index (χ3n) is 3.05. The summed E-state index contributed by atoms with van der Waals surface area (Å²) in [4.78, 5) is 14.8. The number of rotatable bonds is 6. The molecule has 0 unspecified atom stereocenters. The van der Waals surface area contributed by atoms with Crippen LogP contribution in [0.1, 0.15) is 20.3 Å². The Labute approximate surface area is 113 Å². The van der Waals surface area contributed by atoms with Crippen LogP contribution in [0.3, 0.4) is 0 Å². The molecule has 19 heavy (non-hydrogen) atoms. The highest BCUT2D eigenvalue weighted by Gasteiger charge is 2.08. The van der Waals surface area contributed by atoms with E-state index in [1.807, 2.05) is 4.57 Å². The van der Waals surface area contributed by atoms with Crippen LogP contribution in [-0.2, 0) is 6.54 Å². The number of anilines is 1. The second kappa shape index (κ2) is 5.97. The molecule has 0 atom stereocenters. The van der Waals surface area contributed by atoms with Gasteiger partial charge in [-0.1, -0.05) is 13.8 Å². The number of nitrogen functional groups attached to an aromatic ring is 1. The smallest absolute Gasteiger partial charge is 0.165 e. The van der Waals surface area contributed by atoms with Gasteiger partial charge in [0.1, 0.15) is 11.8 Å². The summed E-state index contributed by atoms with van der Waals surface area (Å²) in [6, 6.07) is 0. The topological polar surface area (TPSA) is 72.9 Å². The summed E-state index contributed by atoms with van der Waals surface area (Å²) in [6.45, 7) is 7.56. The van der Waals surface area contributed by atoms with E-state index < -0.39 is 0 Å². The lowest BCUT2D eigenvalue weighted by Crippen LogP contribution is -2.25. The number of aryl methyl sites for hydroxylation is 1. The van der Waals surface area contributed by atoms with Gasteiger partial charge in [0.15, 0.2) is 11.5 Å². The molecule has 0 aromatic carbocycles. The SMILES string of the molecule is CC(C)CN(C)CCCn1cnc2c(N)ncnc21. The van der Waals surface area contributed by atoms with Crippen molar-refractivity contribution in [1.29, 1.82) is 0 Å². The average Bonchev–Trinajstić information content (AvgIpc) is 2.73. The summed E-state index contributed by atoms with van der Waals surface area (Å²) < 4.78 is 2.04. The molecule has 0 bridgehead atoms. The van der Waals surface area contributed by atoms with Crippen molar-refractivity contribution in [3.63, 3.8) is 0 Å². The third kappa shape index (κ3) is 3.41. The number of aromatic nitrogens is 4. The van der Waals surface area contributed by atoms with E-state index in [0.29, 0.717) is 17.3 Å². The monoisotopic (exact) mass is 262 g/mol. The van der Waals surface area contributed by atoms with E-state index in [-0.39, 0.29) is 0 Å². The maximum Gasteiger partial charge on any atom is 0.165 e. The van der Waals surface area contributed by atoms with Gasteiger partial charge in [-0.25, -0.2) is 15.0 Å². The standard InChI is InChI=1S/C13H22N6/c1-10(2)7-18(3)5-4-6-19-9-17-11-12(14)15-8-16-13(11)19/h8-10H,4-7H2,1-3H3,(H2,14,15,16). The van der Waals surface area contributed by atoms with Crippen molar-refractivity contribution in [1.82, 2.24) is 24.4 Å². The number of imidazole rings is 1. The van der Waals surface area contributed by atoms with E-state index in [4.69, 9.17) is 5.73 Å². The molecule has 2 N–H and O–H groups in total. The molecule has 6 heteroatoms. The van der Waals surface area contributed by atoms with Gasteiger partial charge in [0.25, 0.3) is 0 Å². The van der Waals surface area contributed by atoms with Gasteiger partial charge >= 0.3 is 0 Å². The molecule has 0 saturated carbocycles. The van der Waals surface area contributed by atoms with Crippen LogP contribution in [0.5, 0.6) is 0 Å². The summed E-state index contributed by atoms with van der Waals surface area (Å²) >= 11 is 0. The average molecular weight is 262 g/mol. The molecule has 0 amide bonds. The Kier molecular flexibility index (Phi) is 4.31. The van der Waals surface area contributed by atoms with Crippen LogP contribution in [0.15, 0.2) is 12.7 Å².